The predicted octanol–water partition coefficient (Wildman–Crippen LogP) is 1.09. The lowest BCUT2D eigenvalue weighted by Gasteiger charge is -2.14. The largest absolute Gasteiger partial charge is 0.381 e. The first-order chi connectivity index (χ1) is 8.30. The first-order valence-corrected chi connectivity index (χ1v) is 6.35. The van der Waals surface area contributed by atoms with E-state index in [0.29, 0.717) is 0 Å². The summed E-state index contributed by atoms with van der Waals surface area (Å²) < 4.78 is 7.39. The third kappa shape index (κ3) is 5.30. The fourth-order valence-electron chi connectivity index (χ4n) is 1.69. The molecule has 1 heterocycles. The van der Waals surface area contributed by atoms with Crippen LogP contribution >= 0.6 is 0 Å². The van der Waals surface area contributed by atoms with Crippen molar-refractivity contribution in [2.75, 3.05) is 13.2 Å². The lowest BCUT2D eigenvalue weighted by molar-refractivity contribution is 0.124. The number of hydrazine groups is 1. The second kappa shape index (κ2) is 8.22. The number of nitrogens with one attached hydrogen (secondary N) is 1. The van der Waals surface area contributed by atoms with Crippen LogP contribution in [0.25, 0.3) is 0 Å². The molecule has 1 aromatic heterocycles. The Kier molecular flexibility index (Phi) is 6.84. The summed E-state index contributed by atoms with van der Waals surface area (Å²) in [5.74, 6) is 5.54. The van der Waals surface area contributed by atoms with Crippen LogP contribution in [0.15, 0.2) is 12.4 Å². The van der Waals surface area contributed by atoms with E-state index in [1.807, 2.05) is 10.9 Å². The predicted molar refractivity (Wildman–Crippen MR) is 68.4 cm³/mol. The number of ether oxygens (including phenoxy) is 1. The van der Waals surface area contributed by atoms with Crippen molar-refractivity contribution in [3.8, 4) is 0 Å². The van der Waals surface area contributed by atoms with Crippen molar-refractivity contribution in [1.82, 2.24) is 15.2 Å². The molecule has 5 heteroatoms. The Morgan fingerprint density at radius 2 is 2.29 bits per heavy atom. The number of rotatable bonds is 9. The van der Waals surface area contributed by atoms with E-state index in [-0.39, 0.29) is 6.04 Å². The van der Waals surface area contributed by atoms with Crippen LogP contribution in [0.5, 0.6) is 0 Å². The van der Waals surface area contributed by atoms with Gasteiger partial charge < -0.3 is 4.74 Å². The number of nitrogens with zero attached hydrogens (tertiary/aromatic N) is 2. The number of hydrogen-bond acceptors (Lipinski definition) is 4. The summed E-state index contributed by atoms with van der Waals surface area (Å²) in [4.78, 5) is 0. The summed E-state index contributed by atoms with van der Waals surface area (Å²) in [7, 11) is 0. The van der Waals surface area contributed by atoms with Crippen molar-refractivity contribution in [2.24, 2.45) is 5.84 Å². The molecule has 0 saturated carbocycles. The molecule has 0 aromatic carbocycles. The fraction of sp³-hybridized carbons (Fsp3) is 0.750. The number of aromatic nitrogens is 2. The molecule has 1 rings (SSSR count). The zero-order valence-electron chi connectivity index (χ0n) is 10.9. The highest BCUT2D eigenvalue weighted by Gasteiger charge is 2.09. The molecule has 0 spiro atoms. The van der Waals surface area contributed by atoms with E-state index in [0.717, 1.165) is 39.0 Å². The number of nitrogens with two attached hydrogens (primary N) is 1. The van der Waals surface area contributed by atoms with Crippen LogP contribution in [0, 0.1) is 0 Å². The maximum Gasteiger partial charge on any atom is 0.0522 e. The summed E-state index contributed by atoms with van der Waals surface area (Å²) in [6.07, 6.45) is 6.85. The molecule has 1 aromatic rings. The minimum Gasteiger partial charge on any atom is -0.381 e. The van der Waals surface area contributed by atoms with E-state index >= 15 is 0 Å². The Morgan fingerprint density at radius 3 is 2.88 bits per heavy atom. The van der Waals surface area contributed by atoms with E-state index < -0.39 is 0 Å². The molecule has 1 unspecified atom stereocenters. The molecule has 0 saturated heterocycles. The SMILES string of the molecule is CCCOCCC(Cc1cnn(CC)c1)NN. The van der Waals surface area contributed by atoms with E-state index in [1.54, 1.807) is 0 Å². The van der Waals surface area contributed by atoms with Crippen LogP contribution in [0.1, 0.15) is 32.3 Å². The van der Waals surface area contributed by atoms with Gasteiger partial charge in [-0.2, -0.15) is 5.10 Å². The normalized spacial score (nSPS) is 12.9. The van der Waals surface area contributed by atoms with Crippen molar-refractivity contribution < 1.29 is 4.74 Å². The molecular weight excluding hydrogens is 216 g/mol. The molecule has 0 amide bonds. The zero-order chi connectivity index (χ0) is 12.5. The average molecular weight is 240 g/mol. The monoisotopic (exact) mass is 240 g/mol. The molecule has 3 N–H and O–H groups in total. The fourth-order valence-corrected chi connectivity index (χ4v) is 1.69. The molecule has 0 aliphatic carbocycles. The average Bonchev–Trinajstić information content (AvgIpc) is 2.80. The smallest absolute Gasteiger partial charge is 0.0522 e. The van der Waals surface area contributed by atoms with E-state index in [2.05, 4.69) is 30.6 Å². The summed E-state index contributed by atoms with van der Waals surface area (Å²) >= 11 is 0. The van der Waals surface area contributed by atoms with Crippen LogP contribution in [-0.4, -0.2) is 29.0 Å². The number of hydrogen-bond donors (Lipinski definition) is 2. The molecule has 5 nitrogen and oxygen atoms in total. The second-order valence-electron chi connectivity index (χ2n) is 4.17. The van der Waals surface area contributed by atoms with Gasteiger partial charge in [0, 0.05) is 32.0 Å². The van der Waals surface area contributed by atoms with Gasteiger partial charge in [-0.15, -0.1) is 0 Å². The molecule has 0 fully saturated rings. The molecule has 0 bridgehead atoms. The van der Waals surface area contributed by atoms with E-state index in [4.69, 9.17) is 10.6 Å². The highest BCUT2D eigenvalue weighted by molar-refractivity contribution is 5.06. The lowest BCUT2D eigenvalue weighted by Crippen LogP contribution is -2.37. The quantitative estimate of drug-likeness (QED) is 0.385. The van der Waals surface area contributed by atoms with Crippen LogP contribution in [0.3, 0.4) is 0 Å². The van der Waals surface area contributed by atoms with Gasteiger partial charge in [-0.05, 0) is 31.7 Å². The summed E-state index contributed by atoms with van der Waals surface area (Å²) in [6.45, 7) is 6.67. The second-order valence-corrected chi connectivity index (χ2v) is 4.17. The minimum absolute atomic E-state index is 0.251. The van der Waals surface area contributed by atoms with Gasteiger partial charge in [-0.1, -0.05) is 6.92 Å². The van der Waals surface area contributed by atoms with Gasteiger partial charge in [-0.3, -0.25) is 16.0 Å². The third-order valence-corrected chi connectivity index (χ3v) is 2.69. The van der Waals surface area contributed by atoms with Gasteiger partial charge in [0.1, 0.15) is 0 Å². The first kappa shape index (κ1) is 14.2. The van der Waals surface area contributed by atoms with Gasteiger partial charge in [0.05, 0.1) is 6.20 Å². The Hall–Kier alpha value is -0.910. The van der Waals surface area contributed by atoms with Crippen LogP contribution < -0.4 is 11.3 Å². The van der Waals surface area contributed by atoms with E-state index in [1.165, 1.54) is 5.56 Å². The molecule has 98 valence electrons. The first-order valence-electron chi connectivity index (χ1n) is 6.35. The standard InChI is InChI=1S/C12H24N4O/c1-3-6-17-7-5-12(15-13)8-11-9-14-16(4-2)10-11/h9-10,12,15H,3-8,13H2,1-2H3. The molecule has 0 aliphatic heterocycles. The van der Waals surface area contributed by atoms with Crippen molar-refractivity contribution in [2.45, 2.75) is 45.7 Å². The van der Waals surface area contributed by atoms with Crippen LogP contribution in [0.4, 0.5) is 0 Å². The maximum absolute atomic E-state index is 5.54. The van der Waals surface area contributed by atoms with Gasteiger partial charge in [0.2, 0.25) is 0 Å². The molecular formula is C12H24N4O. The Balaban J connectivity index is 2.30. The van der Waals surface area contributed by atoms with E-state index in [9.17, 15) is 0 Å². The zero-order valence-corrected chi connectivity index (χ0v) is 10.9. The minimum atomic E-state index is 0.251. The van der Waals surface area contributed by atoms with Crippen molar-refractivity contribution in [1.29, 1.82) is 0 Å². The molecule has 0 radical (unpaired) electrons. The Labute approximate surface area is 103 Å². The van der Waals surface area contributed by atoms with Gasteiger partial charge in [0.25, 0.3) is 0 Å². The van der Waals surface area contributed by atoms with Crippen molar-refractivity contribution in [3.63, 3.8) is 0 Å². The Bertz CT molecular complexity index is 300. The highest BCUT2D eigenvalue weighted by atomic mass is 16.5. The third-order valence-electron chi connectivity index (χ3n) is 2.69. The lowest BCUT2D eigenvalue weighted by atomic mass is 10.1. The van der Waals surface area contributed by atoms with Crippen LogP contribution in [-0.2, 0) is 17.7 Å². The van der Waals surface area contributed by atoms with Crippen LogP contribution in [0.2, 0.25) is 0 Å². The topological polar surface area (TPSA) is 65.1 Å². The highest BCUT2D eigenvalue weighted by Crippen LogP contribution is 2.05. The van der Waals surface area contributed by atoms with Crippen molar-refractivity contribution in [3.05, 3.63) is 18.0 Å². The van der Waals surface area contributed by atoms with Gasteiger partial charge in [-0.25, -0.2) is 0 Å². The number of aryl methyl sites for hydroxylation is 1. The summed E-state index contributed by atoms with van der Waals surface area (Å²) in [6, 6.07) is 0.251. The molecule has 1 atom stereocenters. The van der Waals surface area contributed by atoms with Gasteiger partial charge in [0.15, 0.2) is 0 Å². The Morgan fingerprint density at radius 1 is 1.47 bits per heavy atom. The summed E-state index contributed by atoms with van der Waals surface area (Å²) in [5.41, 5.74) is 4.05. The van der Waals surface area contributed by atoms with Gasteiger partial charge >= 0.3 is 0 Å². The van der Waals surface area contributed by atoms with Crippen molar-refractivity contribution >= 4 is 0 Å². The maximum atomic E-state index is 5.54. The summed E-state index contributed by atoms with van der Waals surface area (Å²) in [5, 5.41) is 4.25. The molecule has 0 aliphatic rings. The molecule has 17 heavy (non-hydrogen) atoms.